The molecule has 0 bridgehead atoms. The molecule has 0 atom stereocenters. The molecule has 0 N–H and O–H groups in total. The molecule has 0 saturated heterocycles. The molecule has 0 spiro atoms. The highest BCUT2D eigenvalue weighted by Gasteiger charge is 2.31. The van der Waals surface area contributed by atoms with Crippen LogP contribution in [0.2, 0.25) is 0 Å². The first-order valence-electron chi connectivity index (χ1n) is 13.0. The predicted molar refractivity (Wildman–Crippen MR) is 154 cm³/mol. The average molecular weight is 541 g/mol. The van der Waals surface area contributed by atoms with E-state index >= 15 is 0 Å². The van der Waals surface area contributed by atoms with Crippen LogP contribution in [0.1, 0.15) is 105 Å². The monoisotopic (exact) mass is 540 g/mol. The molecule has 4 nitrogen and oxygen atoms in total. The molecule has 0 amide bonds. The summed E-state index contributed by atoms with van der Waals surface area (Å²) < 4.78 is 5.85. The highest BCUT2D eigenvalue weighted by molar-refractivity contribution is 8.32. The third kappa shape index (κ3) is 7.30. The number of thioether (sulfide) groups is 4. The van der Waals surface area contributed by atoms with Crippen molar-refractivity contribution in [3.05, 3.63) is 39.1 Å². The molecule has 190 valence electrons. The van der Waals surface area contributed by atoms with E-state index in [2.05, 4.69) is 27.7 Å². The summed E-state index contributed by atoms with van der Waals surface area (Å²) in [5.41, 5.74) is -0.197. The predicted octanol–water partition coefficient (Wildman–Crippen LogP) is 8.79. The van der Waals surface area contributed by atoms with Gasteiger partial charge in [-0.05, 0) is 36.5 Å². The van der Waals surface area contributed by atoms with Gasteiger partial charge in [0.1, 0.15) is 9.92 Å². The minimum atomic E-state index is -0.109. The van der Waals surface area contributed by atoms with E-state index in [0.29, 0.717) is 13.1 Å². The van der Waals surface area contributed by atoms with Crippen molar-refractivity contribution in [1.29, 1.82) is 0 Å². The Hall–Kier alpha value is -0.440. The van der Waals surface area contributed by atoms with Crippen molar-refractivity contribution in [2.45, 2.75) is 128 Å². The van der Waals surface area contributed by atoms with Crippen LogP contribution >= 0.6 is 47.0 Å². The molecule has 3 heterocycles. The smallest absolute Gasteiger partial charge is 0.287 e. The van der Waals surface area contributed by atoms with Gasteiger partial charge in [-0.3, -0.25) is 13.9 Å². The van der Waals surface area contributed by atoms with Crippen LogP contribution < -0.4 is 11.2 Å². The van der Waals surface area contributed by atoms with E-state index in [0.717, 1.165) is 39.8 Å². The van der Waals surface area contributed by atoms with Gasteiger partial charge in [0.25, 0.3) is 5.56 Å². The van der Waals surface area contributed by atoms with Gasteiger partial charge in [-0.2, -0.15) is 0 Å². The van der Waals surface area contributed by atoms with Crippen LogP contribution in [0.4, 0.5) is 0 Å². The van der Waals surface area contributed by atoms with E-state index in [9.17, 15) is 9.59 Å². The van der Waals surface area contributed by atoms with Crippen LogP contribution in [0.3, 0.4) is 0 Å². The zero-order valence-corrected chi connectivity index (χ0v) is 24.5. The van der Waals surface area contributed by atoms with E-state index in [4.69, 9.17) is 0 Å². The molecule has 0 radical (unpaired) electrons. The summed E-state index contributed by atoms with van der Waals surface area (Å²) in [6.07, 6.45) is 14.0. The van der Waals surface area contributed by atoms with E-state index in [1.165, 1.54) is 70.0 Å². The summed E-state index contributed by atoms with van der Waals surface area (Å²) >= 11 is 6.81. The Kier molecular flexibility index (Phi) is 11.9. The maximum atomic E-state index is 13.5. The lowest BCUT2D eigenvalue weighted by molar-refractivity contribution is 0.455. The largest absolute Gasteiger partial charge is 0.331 e. The van der Waals surface area contributed by atoms with Crippen molar-refractivity contribution in [2.24, 2.45) is 0 Å². The van der Waals surface area contributed by atoms with Gasteiger partial charge < -0.3 is 0 Å². The Morgan fingerprint density at radius 1 is 0.588 bits per heavy atom. The van der Waals surface area contributed by atoms with Crippen molar-refractivity contribution in [1.82, 2.24) is 9.13 Å². The second-order valence-electron chi connectivity index (χ2n) is 9.16. The normalized spacial score (nSPS) is 15.6. The van der Waals surface area contributed by atoms with Crippen LogP contribution in [0.15, 0.2) is 37.8 Å². The zero-order valence-electron chi connectivity index (χ0n) is 21.2. The Balaban J connectivity index is 1.79. The van der Waals surface area contributed by atoms with E-state index in [-0.39, 0.29) is 11.2 Å². The number of fused-ring (bicyclic) bond motifs is 1. The Labute approximate surface area is 222 Å². The molecule has 34 heavy (non-hydrogen) atoms. The lowest BCUT2D eigenvalue weighted by Crippen LogP contribution is -2.41. The van der Waals surface area contributed by atoms with Crippen LogP contribution in [-0.4, -0.2) is 9.13 Å². The van der Waals surface area contributed by atoms with E-state index in [1.54, 1.807) is 47.0 Å². The van der Waals surface area contributed by atoms with Crippen LogP contribution in [0, 0.1) is 0 Å². The number of hydrogen-bond donors (Lipinski definition) is 0. The van der Waals surface area contributed by atoms with Crippen LogP contribution in [-0.2, 0) is 13.1 Å². The van der Waals surface area contributed by atoms with Crippen molar-refractivity contribution >= 4 is 47.0 Å². The SMILES string of the molecule is CCCCCCCCn1c2c(c(=O)n(CCCCCCCC)c1=O)SC(=C1SC(C)=C(C)S1)S2. The van der Waals surface area contributed by atoms with Crippen LogP contribution in [0.5, 0.6) is 0 Å². The molecule has 0 aromatic carbocycles. The summed E-state index contributed by atoms with van der Waals surface area (Å²) in [5.74, 6) is 0. The molecule has 3 rings (SSSR count). The van der Waals surface area contributed by atoms with Gasteiger partial charge >= 0.3 is 5.69 Å². The fourth-order valence-electron chi connectivity index (χ4n) is 4.15. The number of aromatic nitrogens is 2. The highest BCUT2D eigenvalue weighted by Crippen LogP contribution is 2.59. The van der Waals surface area contributed by atoms with Gasteiger partial charge in [-0.1, -0.05) is 125 Å². The molecule has 1 aromatic heterocycles. The second-order valence-corrected chi connectivity index (χ2v) is 14.1. The number of allylic oxidation sites excluding steroid dienone is 2. The fourth-order valence-corrected chi connectivity index (χ4v) is 9.61. The minimum absolute atomic E-state index is 0.0877. The van der Waals surface area contributed by atoms with Gasteiger partial charge in [-0.25, -0.2) is 4.79 Å². The summed E-state index contributed by atoms with van der Waals surface area (Å²) in [7, 11) is 0. The molecule has 0 saturated carbocycles. The highest BCUT2D eigenvalue weighted by atomic mass is 32.2. The van der Waals surface area contributed by atoms with E-state index < -0.39 is 0 Å². The summed E-state index contributed by atoms with van der Waals surface area (Å²) in [6, 6.07) is 0. The first-order chi connectivity index (χ1) is 16.5. The Bertz CT molecular complexity index is 1010. The maximum absolute atomic E-state index is 13.5. The Morgan fingerprint density at radius 3 is 1.62 bits per heavy atom. The number of unbranched alkanes of at least 4 members (excludes halogenated alkanes) is 10. The topological polar surface area (TPSA) is 44.0 Å². The number of rotatable bonds is 14. The molecule has 0 unspecified atom stereocenters. The van der Waals surface area contributed by atoms with Crippen molar-refractivity contribution in [3.63, 3.8) is 0 Å². The minimum Gasteiger partial charge on any atom is -0.287 e. The van der Waals surface area contributed by atoms with Crippen molar-refractivity contribution in [2.75, 3.05) is 0 Å². The summed E-state index contributed by atoms with van der Waals surface area (Å²) in [6.45, 7) is 10.00. The number of hydrogen-bond acceptors (Lipinski definition) is 6. The summed E-state index contributed by atoms with van der Waals surface area (Å²) in [5, 5.41) is 0.874. The second kappa shape index (κ2) is 14.3. The van der Waals surface area contributed by atoms with E-state index in [1.807, 2.05) is 4.57 Å². The molecule has 0 fully saturated rings. The molecular formula is C26H40N2O2S4. The number of nitrogens with zero attached hydrogens (tertiary/aromatic N) is 2. The van der Waals surface area contributed by atoms with Gasteiger partial charge in [0, 0.05) is 13.1 Å². The molecule has 0 aliphatic carbocycles. The van der Waals surface area contributed by atoms with Crippen molar-refractivity contribution in [3.8, 4) is 0 Å². The van der Waals surface area contributed by atoms with Gasteiger partial charge in [0.2, 0.25) is 0 Å². The van der Waals surface area contributed by atoms with Crippen molar-refractivity contribution < 1.29 is 0 Å². The first-order valence-corrected chi connectivity index (χ1v) is 16.2. The summed E-state index contributed by atoms with van der Waals surface area (Å²) in [4.78, 5) is 30.3. The zero-order chi connectivity index (χ0) is 24.5. The fraction of sp³-hybridized carbons (Fsp3) is 0.692. The quantitative estimate of drug-likeness (QED) is 0.173. The maximum Gasteiger partial charge on any atom is 0.331 e. The molecule has 1 aromatic rings. The average Bonchev–Trinajstić information content (AvgIpc) is 3.41. The van der Waals surface area contributed by atoms with Gasteiger partial charge in [-0.15, -0.1) is 0 Å². The van der Waals surface area contributed by atoms with Gasteiger partial charge in [0.05, 0.1) is 8.47 Å². The third-order valence-electron chi connectivity index (χ3n) is 6.35. The first kappa shape index (κ1) is 28.1. The lowest BCUT2D eigenvalue weighted by Gasteiger charge is -2.14. The molecular weight excluding hydrogens is 501 g/mol. The molecule has 2 aliphatic rings. The Morgan fingerprint density at radius 2 is 1.06 bits per heavy atom. The third-order valence-corrected chi connectivity index (χ3v) is 12.1. The van der Waals surface area contributed by atoms with Gasteiger partial charge in [0.15, 0.2) is 0 Å². The van der Waals surface area contributed by atoms with Crippen LogP contribution in [0.25, 0.3) is 0 Å². The standard InChI is InChI=1S/C26H40N2O2S4/c1-5-7-9-11-13-15-17-27-22(29)21-23(28(26(27)30)18-16-14-12-10-8-6-2)34-25(33-21)24-31-19(3)20(4)32-24/h5-18H2,1-4H3. The molecule has 2 aliphatic heterocycles. The molecule has 8 heteroatoms. The lowest BCUT2D eigenvalue weighted by atomic mass is 10.1.